The Morgan fingerprint density at radius 1 is 0.944 bits per heavy atom. The third-order valence-electron chi connectivity index (χ3n) is 5.43. The average Bonchev–Trinajstić information content (AvgIpc) is 2.80. The molecule has 0 spiro atoms. The molecule has 0 saturated carbocycles. The molecule has 2 unspecified atom stereocenters. The highest BCUT2D eigenvalue weighted by Gasteiger charge is 2.42. The van der Waals surface area contributed by atoms with Gasteiger partial charge in [0.1, 0.15) is 29.1 Å². The van der Waals surface area contributed by atoms with Crippen LogP contribution in [0.5, 0.6) is 5.75 Å². The fourth-order valence-corrected chi connectivity index (χ4v) is 3.70. The quantitative estimate of drug-likeness (QED) is 0.374. The van der Waals surface area contributed by atoms with E-state index in [-0.39, 0.29) is 12.5 Å². The zero-order valence-corrected chi connectivity index (χ0v) is 22.8. The number of rotatable bonds is 5. The molecule has 2 rings (SSSR count). The first-order chi connectivity index (χ1) is 16.7. The molecule has 0 bridgehead atoms. The molecule has 1 heterocycles. The number of cyclic esters (lactones) is 1. The van der Waals surface area contributed by atoms with Gasteiger partial charge in [0.15, 0.2) is 0 Å². The number of hydrogen-bond donors (Lipinski definition) is 0. The van der Waals surface area contributed by atoms with E-state index in [4.69, 9.17) is 23.7 Å². The smallest absolute Gasteiger partial charge is 0.420 e. The zero-order valence-electron chi connectivity index (χ0n) is 22.8. The summed E-state index contributed by atoms with van der Waals surface area (Å²) in [5.74, 6) is 0.0632. The minimum atomic E-state index is -1.17. The number of ether oxygens (including phenoxy) is 5. The van der Waals surface area contributed by atoms with E-state index in [0.29, 0.717) is 19.4 Å². The van der Waals surface area contributed by atoms with Crippen molar-refractivity contribution in [2.45, 2.75) is 110 Å². The molecule has 0 radical (unpaired) electrons. The fourth-order valence-electron chi connectivity index (χ4n) is 3.70. The van der Waals surface area contributed by atoms with E-state index in [0.717, 1.165) is 22.6 Å². The van der Waals surface area contributed by atoms with Crippen LogP contribution in [0.15, 0.2) is 24.3 Å². The second-order valence-electron chi connectivity index (χ2n) is 11.0. The number of carbonyl (C=O) groups excluding carboxylic acids is 3. The first-order valence-electron chi connectivity index (χ1n) is 12.4. The molecule has 202 valence electrons. The van der Waals surface area contributed by atoms with Crippen molar-refractivity contribution in [2.75, 3.05) is 7.11 Å². The highest BCUT2D eigenvalue weighted by atomic mass is 16.6. The van der Waals surface area contributed by atoms with Gasteiger partial charge in [0.2, 0.25) is 0 Å². The minimum absolute atomic E-state index is 0.231. The van der Waals surface area contributed by atoms with Crippen LogP contribution in [0.4, 0.5) is 9.59 Å². The van der Waals surface area contributed by atoms with Crippen LogP contribution in [0.25, 0.3) is 0 Å². The van der Waals surface area contributed by atoms with Crippen molar-refractivity contribution in [3.63, 3.8) is 0 Å². The Balaban J connectivity index is 2.18. The van der Waals surface area contributed by atoms with Gasteiger partial charge in [-0.3, -0.25) is 0 Å². The van der Waals surface area contributed by atoms with Crippen LogP contribution < -0.4 is 4.74 Å². The summed E-state index contributed by atoms with van der Waals surface area (Å²) in [5, 5.41) is 0. The van der Waals surface area contributed by atoms with Crippen molar-refractivity contribution in [1.29, 1.82) is 0 Å². The number of nitrogens with zero attached hydrogens (tertiary/aromatic N) is 1. The van der Waals surface area contributed by atoms with E-state index < -0.39 is 41.5 Å². The monoisotopic (exact) mass is 507 g/mol. The largest absolute Gasteiger partial charge is 0.497 e. The van der Waals surface area contributed by atoms with E-state index in [2.05, 4.69) is 0 Å². The maximum absolute atomic E-state index is 13.3. The molecule has 9 heteroatoms. The highest BCUT2D eigenvalue weighted by Crippen LogP contribution is 2.25. The van der Waals surface area contributed by atoms with Crippen molar-refractivity contribution in [3.8, 4) is 5.75 Å². The number of amides is 2. The first-order valence-corrected chi connectivity index (χ1v) is 12.4. The van der Waals surface area contributed by atoms with Gasteiger partial charge >= 0.3 is 18.2 Å². The Bertz CT molecular complexity index is 857. The number of hydrogen-bond acceptors (Lipinski definition) is 8. The Morgan fingerprint density at radius 2 is 1.47 bits per heavy atom. The fraction of sp³-hybridized carbons (Fsp3) is 0.667. The van der Waals surface area contributed by atoms with Crippen molar-refractivity contribution >= 4 is 18.2 Å². The molecule has 1 aromatic rings. The normalized spacial score (nSPS) is 21.3. The Kier molecular flexibility index (Phi) is 10.2. The van der Waals surface area contributed by atoms with Crippen LogP contribution in [0.1, 0.15) is 79.7 Å². The number of carbonyl (C=O) groups is 3. The second kappa shape index (κ2) is 12.4. The molecule has 1 aromatic carbocycles. The number of benzene rings is 1. The molecule has 1 saturated heterocycles. The van der Waals surface area contributed by atoms with Crippen LogP contribution in [-0.2, 0) is 30.3 Å². The van der Waals surface area contributed by atoms with Gasteiger partial charge in [-0.15, -0.1) is 0 Å². The lowest BCUT2D eigenvalue weighted by Gasteiger charge is -2.32. The molecular formula is C27H41NO8. The summed E-state index contributed by atoms with van der Waals surface area (Å²) in [6.07, 6.45) is -0.624. The van der Waals surface area contributed by atoms with E-state index in [1.54, 1.807) is 55.6 Å². The summed E-state index contributed by atoms with van der Waals surface area (Å²) in [7, 11) is 1.61. The number of imide groups is 1. The van der Waals surface area contributed by atoms with Crippen LogP contribution in [0, 0.1) is 0 Å². The van der Waals surface area contributed by atoms with Gasteiger partial charge in [-0.25, -0.2) is 14.4 Å². The molecule has 1 aliphatic rings. The maximum atomic E-state index is 13.3. The molecule has 9 nitrogen and oxygen atoms in total. The van der Waals surface area contributed by atoms with Gasteiger partial charge in [-0.1, -0.05) is 25.0 Å². The Labute approximate surface area is 214 Å². The van der Waals surface area contributed by atoms with Crippen LogP contribution in [0.2, 0.25) is 0 Å². The average molecular weight is 508 g/mol. The van der Waals surface area contributed by atoms with Gasteiger partial charge in [0, 0.05) is 0 Å². The predicted molar refractivity (Wildman–Crippen MR) is 134 cm³/mol. The predicted octanol–water partition coefficient (Wildman–Crippen LogP) is 5.63. The Hall–Kier alpha value is -2.81. The van der Waals surface area contributed by atoms with Gasteiger partial charge in [-0.05, 0) is 79.0 Å². The highest BCUT2D eigenvalue weighted by molar-refractivity contribution is 5.94. The summed E-state index contributed by atoms with van der Waals surface area (Å²) < 4.78 is 27.9. The molecule has 0 aliphatic carbocycles. The molecule has 0 aromatic heterocycles. The molecule has 2 amide bonds. The molecule has 1 aliphatic heterocycles. The van der Waals surface area contributed by atoms with Crippen LogP contribution in [-0.4, -0.2) is 59.6 Å². The Morgan fingerprint density at radius 3 is 1.97 bits per heavy atom. The third kappa shape index (κ3) is 9.33. The second-order valence-corrected chi connectivity index (χ2v) is 11.0. The van der Waals surface area contributed by atoms with Crippen LogP contribution >= 0.6 is 0 Å². The minimum Gasteiger partial charge on any atom is -0.497 e. The summed E-state index contributed by atoms with van der Waals surface area (Å²) in [4.78, 5) is 40.1. The summed E-state index contributed by atoms with van der Waals surface area (Å²) >= 11 is 0. The van der Waals surface area contributed by atoms with E-state index in [1.165, 1.54) is 0 Å². The molecule has 36 heavy (non-hydrogen) atoms. The summed E-state index contributed by atoms with van der Waals surface area (Å²) in [6.45, 7) is 12.2. The lowest BCUT2D eigenvalue weighted by atomic mass is 10.0. The SMILES string of the molecule is COc1ccc(COC2CCCC[C@H](N(C(=O)OC(C)(C)C)C(=O)OC(C)(C)C)C(=O)OC2C)cc1. The summed E-state index contributed by atoms with van der Waals surface area (Å²) in [5.41, 5.74) is -0.769. The van der Waals surface area contributed by atoms with E-state index >= 15 is 0 Å². The maximum Gasteiger partial charge on any atom is 0.420 e. The standard InChI is InChI=1S/C27H41NO8/c1-18-22(33-17-19-13-15-20(32-8)16-14-19)12-10-9-11-21(23(29)34-18)28(24(30)35-26(2,3)4)25(31)36-27(5,6)7/h13-16,18,21-22H,9-12,17H2,1-8H3/t18?,21-,22?/m0/s1. The third-order valence-corrected chi connectivity index (χ3v) is 5.43. The van der Waals surface area contributed by atoms with Gasteiger partial charge < -0.3 is 23.7 Å². The van der Waals surface area contributed by atoms with Crippen molar-refractivity contribution in [1.82, 2.24) is 4.90 Å². The molecule has 0 N–H and O–H groups in total. The first kappa shape index (κ1) is 29.4. The lowest BCUT2D eigenvalue weighted by molar-refractivity contribution is -0.162. The molecule has 1 fully saturated rings. The van der Waals surface area contributed by atoms with Crippen molar-refractivity contribution < 1.29 is 38.1 Å². The molecular weight excluding hydrogens is 466 g/mol. The topological polar surface area (TPSA) is 101 Å². The molecule has 3 atom stereocenters. The van der Waals surface area contributed by atoms with Crippen molar-refractivity contribution in [2.24, 2.45) is 0 Å². The van der Waals surface area contributed by atoms with Crippen LogP contribution in [0.3, 0.4) is 0 Å². The zero-order chi connectivity index (χ0) is 27.1. The van der Waals surface area contributed by atoms with E-state index in [9.17, 15) is 14.4 Å². The van der Waals surface area contributed by atoms with Gasteiger partial charge in [-0.2, -0.15) is 4.90 Å². The summed E-state index contributed by atoms with van der Waals surface area (Å²) in [6, 6.07) is 6.38. The van der Waals surface area contributed by atoms with E-state index in [1.807, 2.05) is 24.3 Å². The van der Waals surface area contributed by atoms with Gasteiger partial charge in [0.25, 0.3) is 0 Å². The van der Waals surface area contributed by atoms with Gasteiger partial charge in [0.05, 0.1) is 19.8 Å². The number of esters is 1. The number of methoxy groups -OCH3 is 1. The lowest BCUT2D eigenvalue weighted by Crippen LogP contribution is -2.53. The van der Waals surface area contributed by atoms with Crippen molar-refractivity contribution in [3.05, 3.63) is 29.8 Å².